The van der Waals surface area contributed by atoms with Gasteiger partial charge in [0.1, 0.15) is 0 Å². The zero-order chi connectivity index (χ0) is 14.3. The Balaban J connectivity index is 3.14. The molecule has 0 saturated carbocycles. The summed E-state index contributed by atoms with van der Waals surface area (Å²) in [4.78, 5) is 10.8. The van der Waals surface area contributed by atoms with Gasteiger partial charge in [-0.1, -0.05) is 19.4 Å². The van der Waals surface area contributed by atoms with Crippen LogP contribution in [-0.4, -0.2) is 24.8 Å². The van der Waals surface area contributed by atoms with Crippen LogP contribution >= 0.6 is 0 Å². The smallest absolute Gasteiger partial charge is 0.328 e. The first kappa shape index (κ1) is 15.1. The average Bonchev–Trinajstić information content (AvgIpc) is 2.38. The van der Waals surface area contributed by atoms with Crippen LogP contribution in [0.15, 0.2) is 24.3 Å². The summed E-state index contributed by atoms with van der Waals surface area (Å²) in [6, 6.07) is 5.48. The fourth-order valence-electron chi connectivity index (χ4n) is 1.86. The molecule has 0 atom stereocenters. The maximum atomic E-state index is 10.8. The quantitative estimate of drug-likeness (QED) is 0.767. The monoisotopic (exact) mass is 264 g/mol. The third kappa shape index (κ3) is 4.32. The van der Waals surface area contributed by atoms with Gasteiger partial charge >= 0.3 is 5.97 Å². The summed E-state index contributed by atoms with van der Waals surface area (Å²) in [6.07, 6.45) is 2.84. The molecule has 0 heterocycles. The van der Waals surface area contributed by atoms with Crippen LogP contribution in [0.25, 0.3) is 5.57 Å². The Bertz CT molecular complexity index is 463. The summed E-state index contributed by atoms with van der Waals surface area (Å²) in [5.74, 6) is 0.350. The van der Waals surface area contributed by atoms with E-state index in [9.17, 15) is 4.79 Å². The van der Waals surface area contributed by atoms with Crippen molar-refractivity contribution in [1.82, 2.24) is 0 Å². The molecule has 4 heteroatoms. The van der Waals surface area contributed by atoms with E-state index < -0.39 is 5.97 Å². The zero-order valence-corrected chi connectivity index (χ0v) is 11.6. The van der Waals surface area contributed by atoms with Crippen LogP contribution < -0.4 is 9.47 Å². The number of rotatable bonds is 7. The number of carboxylic acids is 1. The van der Waals surface area contributed by atoms with E-state index in [1.165, 1.54) is 6.08 Å². The van der Waals surface area contributed by atoms with Crippen LogP contribution in [-0.2, 0) is 4.79 Å². The van der Waals surface area contributed by atoms with E-state index in [1.54, 1.807) is 7.11 Å². The molecule has 19 heavy (non-hydrogen) atoms. The van der Waals surface area contributed by atoms with E-state index in [0.717, 1.165) is 17.6 Å². The number of hydrogen-bond acceptors (Lipinski definition) is 3. The Morgan fingerprint density at radius 1 is 1.32 bits per heavy atom. The van der Waals surface area contributed by atoms with Crippen molar-refractivity contribution >= 4 is 11.5 Å². The summed E-state index contributed by atoms with van der Waals surface area (Å²) in [6.45, 7) is 4.48. The SMILES string of the molecule is CCC/C(=C\C(=O)O)c1ccc(OCC)c(OC)c1. The summed E-state index contributed by atoms with van der Waals surface area (Å²) in [5.41, 5.74) is 1.64. The molecule has 1 aromatic carbocycles. The number of allylic oxidation sites excluding steroid dienone is 1. The fourth-order valence-corrected chi connectivity index (χ4v) is 1.86. The number of carboxylic acid groups (broad SMARTS) is 1. The highest BCUT2D eigenvalue weighted by Gasteiger charge is 2.09. The number of carbonyl (C=O) groups is 1. The molecule has 0 fully saturated rings. The lowest BCUT2D eigenvalue weighted by atomic mass is 10.0. The predicted octanol–water partition coefficient (Wildman–Crippen LogP) is 3.36. The van der Waals surface area contributed by atoms with Crippen molar-refractivity contribution in [2.24, 2.45) is 0 Å². The average molecular weight is 264 g/mol. The first-order valence-corrected chi connectivity index (χ1v) is 6.37. The van der Waals surface area contributed by atoms with E-state index in [4.69, 9.17) is 14.6 Å². The van der Waals surface area contributed by atoms with Gasteiger partial charge in [-0.05, 0) is 36.6 Å². The normalized spacial score (nSPS) is 11.2. The molecule has 0 aliphatic rings. The highest BCUT2D eigenvalue weighted by Crippen LogP contribution is 2.32. The second kappa shape index (κ2) is 7.46. The van der Waals surface area contributed by atoms with Crippen molar-refractivity contribution in [3.05, 3.63) is 29.8 Å². The third-order valence-electron chi connectivity index (χ3n) is 2.65. The lowest BCUT2D eigenvalue weighted by molar-refractivity contribution is -0.131. The van der Waals surface area contributed by atoms with Crippen molar-refractivity contribution < 1.29 is 19.4 Å². The highest BCUT2D eigenvalue weighted by atomic mass is 16.5. The first-order valence-electron chi connectivity index (χ1n) is 6.37. The van der Waals surface area contributed by atoms with Gasteiger partial charge < -0.3 is 14.6 Å². The second-order valence-corrected chi connectivity index (χ2v) is 4.06. The minimum Gasteiger partial charge on any atom is -0.493 e. The summed E-state index contributed by atoms with van der Waals surface area (Å²) in [7, 11) is 1.57. The molecule has 0 spiro atoms. The molecule has 0 bridgehead atoms. The molecule has 1 N–H and O–H groups in total. The Morgan fingerprint density at radius 2 is 2.05 bits per heavy atom. The van der Waals surface area contributed by atoms with Crippen molar-refractivity contribution in [2.45, 2.75) is 26.7 Å². The summed E-state index contributed by atoms with van der Waals surface area (Å²) >= 11 is 0. The second-order valence-electron chi connectivity index (χ2n) is 4.06. The van der Waals surface area contributed by atoms with Crippen LogP contribution in [0.3, 0.4) is 0 Å². The lowest BCUT2D eigenvalue weighted by Crippen LogP contribution is -1.97. The van der Waals surface area contributed by atoms with E-state index in [-0.39, 0.29) is 0 Å². The molecule has 0 aliphatic carbocycles. The maximum absolute atomic E-state index is 10.8. The van der Waals surface area contributed by atoms with E-state index in [1.807, 2.05) is 32.0 Å². The van der Waals surface area contributed by atoms with Gasteiger partial charge in [0.05, 0.1) is 13.7 Å². The Kier molecular flexibility index (Phi) is 5.93. The molecule has 1 rings (SSSR count). The van der Waals surface area contributed by atoms with Gasteiger partial charge in [-0.15, -0.1) is 0 Å². The standard InChI is InChI=1S/C15H20O4/c1-4-6-11(10-15(16)17)12-7-8-13(19-5-2)14(9-12)18-3/h7-10H,4-6H2,1-3H3,(H,16,17)/b11-10+. The molecule has 0 aliphatic heterocycles. The molecule has 4 nitrogen and oxygen atoms in total. The lowest BCUT2D eigenvalue weighted by Gasteiger charge is -2.12. The molecule has 0 saturated heterocycles. The molecule has 104 valence electrons. The van der Waals surface area contributed by atoms with Crippen molar-refractivity contribution in [1.29, 1.82) is 0 Å². The van der Waals surface area contributed by atoms with Crippen molar-refractivity contribution in [2.75, 3.05) is 13.7 Å². The topological polar surface area (TPSA) is 55.8 Å². The van der Waals surface area contributed by atoms with Gasteiger partial charge in [-0.3, -0.25) is 0 Å². The van der Waals surface area contributed by atoms with E-state index in [0.29, 0.717) is 24.5 Å². The molecule has 1 aromatic rings. The van der Waals surface area contributed by atoms with Gasteiger partial charge in [-0.2, -0.15) is 0 Å². The molecule has 0 unspecified atom stereocenters. The maximum Gasteiger partial charge on any atom is 0.328 e. The van der Waals surface area contributed by atoms with Gasteiger partial charge in [0.15, 0.2) is 11.5 Å². The third-order valence-corrected chi connectivity index (χ3v) is 2.65. The van der Waals surface area contributed by atoms with Gasteiger partial charge in [0.2, 0.25) is 0 Å². The number of aliphatic carboxylic acids is 1. The van der Waals surface area contributed by atoms with Crippen molar-refractivity contribution in [3.8, 4) is 11.5 Å². The molecular weight excluding hydrogens is 244 g/mol. The van der Waals surface area contributed by atoms with E-state index in [2.05, 4.69) is 0 Å². The van der Waals surface area contributed by atoms with Crippen molar-refractivity contribution in [3.63, 3.8) is 0 Å². The van der Waals surface area contributed by atoms with Gasteiger partial charge in [-0.25, -0.2) is 4.79 Å². The van der Waals surface area contributed by atoms with Crippen LogP contribution in [0.5, 0.6) is 11.5 Å². The number of benzene rings is 1. The zero-order valence-electron chi connectivity index (χ0n) is 11.6. The Hall–Kier alpha value is -1.97. The molecule has 0 amide bonds. The predicted molar refractivity (Wildman–Crippen MR) is 74.7 cm³/mol. The highest BCUT2D eigenvalue weighted by molar-refractivity contribution is 5.90. The molecule has 0 aromatic heterocycles. The minimum atomic E-state index is -0.934. The largest absolute Gasteiger partial charge is 0.493 e. The minimum absolute atomic E-state index is 0.558. The molecular formula is C15H20O4. The Morgan fingerprint density at radius 3 is 2.58 bits per heavy atom. The number of methoxy groups -OCH3 is 1. The van der Waals surface area contributed by atoms with Crippen LogP contribution in [0.1, 0.15) is 32.3 Å². The van der Waals surface area contributed by atoms with Crippen LogP contribution in [0, 0.1) is 0 Å². The van der Waals surface area contributed by atoms with Gasteiger partial charge in [0.25, 0.3) is 0 Å². The van der Waals surface area contributed by atoms with E-state index >= 15 is 0 Å². The Labute approximate surface area is 113 Å². The number of ether oxygens (including phenoxy) is 2. The van der Waals surface area contributed by atoms with Gasteiger partial charge in [0, 0.05) is 6.08 Å². The number of hydrogen-bond donors (Lipinski definition) is 1. The first-order chi connectivity index (χ1) is 9.12. The summed E-state index contributed by atoms with van der Waals surface area (Å²) in [5, 5.41) is 8.90. The molecule has 0 radical (unpaired) electrons. The van der Waals surface area contributed by atoms with Crippen LogP contribution in [0.4, 0.5) is 0 Å². The summed E-state index contributed by atoms with van der Waals surface area (Å²) < 4.78 is 10.7. The fraction of sp³-hybridized carbons (Fsp3) is 0.400. The van der Waals surface area contributed by atoms with Crippen LogP contribution in [0.2, 0.25) is 0 Å².